The van der Waals surface area contributed by atoms with Gasteiger partial charge >= 0.3 is 6.03 Å². The molecule has 0 radical (unpaired) electrons. The van der Waals surface area contributed by atoms with Crippen LogP contribution in [0.25, 0.3) is 0 Å². The molecule has 0 spiro atoms. The van der Waals surface area contributed by atoms with Crippen molar-refractivity contribution < 1.29 is 9.59 Å². The minimum absolute atomic E-state index is 0.00465. The van der Waals surface area contributed by atoms with E-state index in [1.165, 1.54) is 0 Å². The molecule has 0 aliphatic carbocycles. The third kappa shape index (κ3) is 2.09. The first kappa shape index (κ1) is 12.2. The zero-order valence-electron chi connectivity index (χ0n) is 10.6. The SMILES string of the molecule is CNC(C)(C)C(=O)N1CCN2C(=O)NCC2C1. The fourth-order valence-corrected chi connectivity index (χ4v) is 2.29. The molecule has 2 saturated heterocycles. The van der Waals surface area contributed by atoms with Crippen LogP contribution in [0.5, 0.6) is 0 Å². The topological polar surface area (TPSA) is 64.7 Å². The van der Waals surface area contributed by atoms with Crippen LogP contribution in [0.3, 0.4) is 0 Å². The van der Waals surface area contributed by atoms with E-state index in [1.807, 2.05) is 23.6 Å². The zero-order valence-corrected chi connectivity index (χ0v) is 10.6. The van der Waals surface area contributed by atoms with E-state index < -0.39 is 5.54 Å². The summed E-state index contributed by atoms with van der Waals surface area (Å²) in [6.07, 6.45) is 0. The van der Waals surface area contributed by atoms with Gasteiger partial charge in [0, 0.05) is 26.2 Å². The molecule has 2 rings (SSSR count). The molecule has 1 atom stereocenters. The molecule has 0 aromatic heterocycles. The number of piperazine rings is 1. The van der Waals surface area contributed by atoms with Gasteiger partial charge in [-0.05, 0) is 20.9 Å². The standard InChI is InChI=1S/C11H20N4O2/c1-11(2,12-3)9(16)14-4-5-15-8(7-14)6-13-10(15)17/h8,12H,4-7H2,1-3H3,(H,13,17). The van der Waals surface area contributed by atoms with Crippen LogP contribution in [0.15, 0.2) is 0 Å². The van der Waals surface area contributed by atoms with Crippen molar-refractivity contribution in [3.63, 3.8) is 0 Å². The lowest BCUT2D eigenvalue weighted by Crippen LogP contribution is -2.60. The number of carbonyl (C=O) groups is 2. The van der Waals surface area contributed by atoms with Gasteiger partial charge in [-0.15, -0.1) is 0 Å². The molecule has 96 valence electrons. The van der Waals surface area contributed by atoms with Gasteiger partial charge in [-0.25, -0.2) is 4.79 Å². The number of hydrogen-bond donors (Lipinski definition) is 2. The van der Waals surface area contributed by atoms with Gasteiger partial charge in [0.2, 0.25) is 5.91 Å². The number of fused-ring (bicyclic) bond motifs is 1. The van der Waals surface area contributed by atoms with Gasteiger partial charge in [0.15, 0.2) is 0 Å². The first-order valence-corrected chi connectivity index (χ1v) is 5.98. The minimum Gasteiger partial charge on any atom is -0.337 e. The van der Waals surface area contributed by atoms with E-state index in [0.717, 1.165) is 0 Å². The Balaban J connectivity index is 2.02. The average molecular weight is 240 g/mol. The highest BCUT2D eigenvalue weighted by Crippen LogP contribution is 2.17. The lowest BCUT2D eigenvalue weighted by atomic mass is 10.0. The van der Waals surface area contributed by atoms with Gasteiger partial charge in [0.1, 0.15) is 0 Å². The van der Waals surface area contributed by atoms with E-state index in [-0.39, 0.29) is 18.0 Å². The molecule has 0 bridgehead atoms. The van der Waals surface area contributed by atoms with Crippen molar-refractivity contribution in [3.05, 3.63) is 0 Å². The predicted octanol–water partition coefficient (Wildman–Crippen LogP) is -0.780. The monoisotopic (exact) mass is 240 g/mol. The van der Waals surface area contributed by atoms with Crippen molar-refractivity contribution in [3.8, 4) is 0 Å². The number of carbonyl (C=O) groups excluding carboxylic acids is 2. The van der Waals surface area contributed by atoms with Crippen LogP contribution in [0, 0.1) is 0 Å². The number of hydrogen-bond acceptors (Lipinski definition) is 3. The molecule has 1 unspecified atom stereocenters. The van der Waals surface area contributed by atoms with Gasteiger partial charge in [0.05, 0.1) is 11.6 Å². The Hall–Kier alpha value is -1.30. The van der Waals surface area contributed by atoms with E-state index in [0.29, 0.717) is 26.2 Å². The predicted molar refractivity (Wildman–Crippen MR) is 63.6 cm³/mol. The third-order valence-corrected chi connectivity index (χ3v) is 3.68. The van der Waals surface area contributed by atoms with E-state index in [9.17, 15) is 9.59 Å². The molecule has 3 amide bonds. The molecule has 0 saturated carbocycles. The van der Waals surface area contributed by atoms with Crippen LogP contribution in [0.4, 0.5) is 4.79 Å². The fraction of sp³-hybridized carbons (Fsp3) is 0.818. The summed E-state index contributed by atoms with van der Waals surface area (Å²) in [7, 11) is 1.79. The Labute approximate surface area is 101 Å². The van der Waals surface area contributed by atoms with Crippen molar-refractivity contribution in [1.82, 2.24) is 20.4 Å². The quantitative estimate of drug-likeness (QED) is 0.665. The number of nitrogens with one attached hydrogen (secondary N) is 2. The highest BCUT2D eigenvalue weighted by molar-refractivity contribution is 5.86. The van der Waals surface area contributed by atoms with Gasteiger partial charge in [-0.2, -0.15) is 0 Å². The summed E-state index contributed by atoms with van der Waals surface area (Å²) >= 11 is 0. The molecule has 17 heavy (non-hydrogen) atoms. The van der Waals surface area contributed by atoms with Crippen molar-refractivity contribution in [2.45, 2.75) is 25.4 Å². The summed E-state index contributed by atoms with van der Waals surface area (Å²) in [4.78, 5) is 27.4. The molecular weight excluding hydrogens is 220 g/mol. The lowest BCUT2D eigenvalue weighted by Gasteiger charge is -2.39. The van der Waals surface area contributed by atoms with Gasteiger partial charge in [-0.1, -0.05) is 0 Å². The number of rotatable bonds is 2. The van der Waals surface area contributed by atoms with Crippen molar-refractivity contribution in [2.75, 3.05) is 33.2 Å². The number of amides is 3. The van der Waals surface area contributed by atoms with Crippen LogP contribution in [-0.4, -0.2) is 66.5 Å². The highest BCUT2D eigenvalue weighted by Gasteiger charge is 2.39. The Morgan fingerprint density at radius 1 is 1.47 bits per heavy atom. The van der Waals surface area contributed by atoms with Crippen LogP contribution in [0.2, 0.25) is 0 Å². The fourth-order valence-electron chi connectivity index (χ4n) is 2.29. The van der Waals surface area contributed by atoms with Gasteiger partial charge < -0.3 is 20.4 Å². The third-order valence-electron chi connectivity index (χ3n) is 3.68. The molecule has 2 aliphatic rings. The summed E-state index contributed by atoms with van der Waals surface area (Å²) < 4.78 is 0. The summed E-state index contributed by atoms with van der Waals surface area (Å²) in [6, 6.07) is 0.128. The minimum atomic E-state index is -0.543. The maximum absolute atomic E-state index is 12.3. The Morgan fingerprint density at radius 2 is 2.18 bits per heavy atom. The zero-order chi connectivity index (χ0) is 12.6. The smallest absolute Gasteiger partial charge is 0.317 e. The summed E-state index contributed by atoms with van der Waals surface area (Å²) in [6.45, 7) is 6.26. The lowest BCUT2D eigenvalue weighted by molar-refractivity contribution is -0.139. The van der Waals surface area contributed by atoms with Crippen molar-refractivity contribution >= 4 is 11.9 Å². The van der Waals surface area contributed by atoms with Gasteiger partial charge in [0.25, 0.3) is 0 Å². The Morgan fingerprint density at radius 3 is 2.82 bits per heavy atom. The van der Waals surface area contributed by atoms with Crippen molar-refractivity contribution in [1.29, 1.82) is 0 Å². The molecule has 2 fully saturated rings. The van der Waals surface area contributed by atoms with E-state index >= 15 is 0 Å². The second kappa shape index (κ2) is 4.18. The second-order valence-corrected chi connectivity index (χ2v) is 5.16. The van der Waals surface area contributed by atoms with E-state index in [2.05, 4.69) is 10.6 Å². The van der Waals surface area contributed by atoms with Gasteiger partial charge in [-0.3, -0.25) is 4.79 Å². The molecule has 2 N–H and O–H groups in total. The maximum atomic E-state index is 12.3. The summed E-state index contributed by atoms with van der Waals surface area (Å²) in [5, 5.41) is 5.83. The highest BCUT2D eigenvalue weighted by atomic mass is 16.2. The van der Waals surface area contributed by atoms with Crippen LogP contribution < -0.4 is 10.6 Å². The van der Waals surface area contributed by atoms with Crippen molar-refractivity contribution in [2.24, 2.45) is 0 Å². The number of urea groups is 1. The molecular formula is C11H20N4O2. The largest absolute Gasteiger partial charge is 0.337 e. The number of likely N-dealkylation sites (N-methyl/N-ethyl adjacent to an activating group) is 1. The molecule has 2 aliphatic heterocycles. The molecule has 6 nitrogen and oxygen atoms in total. The Kier molecular flexibility index (Phi) is 2.99. The molecule has 2 heterocycles. The van der Waals surface area contributed by atoms with Crippen LogP contribution >= 0.6 is 0 Å². The molecule has 6 heteroatoms. The summed E-state index contributed by atoms with van der Waals surface area (Å²) in [5.41, 5.74) is -0.543. The molecule has 0 aromatic rings. The van der Waals surface area contributed by atoms with E-state index in [4.69, 9.17) is 0 Å². The maximum Gasteiger partial charge on any atom is 0.317 e. The second-order valence-electron chi connectivity index (χ2n) is 5.16. The van der Waals surface area contributed by atoms with Crippen LogP contribution in [-0.2, 0) is 4.79 Å². The first-order valence-electron chi connectivity index (χ1n) is 5.98. The summed E-state index contributed by atoms with van der Waals surface area (Å²) in [5.74, 6) is 0.0963. The van der Waals surface area contributed by atoms with Crippen LogP contribution in [0.1, 0.15) is 13.8 Å². The average Bonchev–Trinajstić information content (AvgIpc) is 2.69. The van der Waals surface area contributed by atoms with E-state index in [1.54, 1.807) is 7.05 Å². The first-order chi connectivity index (χ1) is 7.95. The Bertz CT molecular complexity index is 342. The molecule has 0 aromatic carbocycles. The number of nitrogens with zero attached hydrogens (tertiary/aromatic N) is 2. The normalized spacial score (nSPS) is 24.6.